The van der Waals surface area contributed by atoms with Gasteiger partial charge in [0.1, 0.15) is 0 Å². The van der Waals surface area contributed by atoms with Gasteiger partial charge in [-0.3, -0.25) is 0 Å². The monoisotopic (exact) mass is 115 g/mol. The largest absolute Gasteiger partial charge is 0.0747 e. The van der Waals surface area contributed by atoms with E-state index in [1.54, 1.807) is 8.58 Å². The van der Waals surface area contributed by atoms with Crippen molar-refractivity contribution >= 4 is 8.58 Å². The molecule has 0 N–H and O–H groups in total. The summed E-state index contributed by atoms with van der Waals surface area (Å²) in [6, 6.07) is 0. The average Bonchev–Trinajstić information content (AvgIpc) is 1.87. The summed E-state index contributed by atoms with van der Waals surface area (Å²) in [7, 11) is 1.69. The highest BCUT2D eigenvalue weighted by molar-refractivity contribution is 7.40. The second kappa shape index (κ2) is 2.13. The number of hydrogen-bond acceptors (Lipinski definition) is 0. The summed E-state index contributed by atoms with van der Waals surface area (Å²) in [6.07, 6.45) is 2.92. The summed E-state index contributed by atoms with van der Waals surface area (Å²) in [5.41, 5.74) is 1.99. The van der Waals surface area contributed by atoms with E-state index in [-0.39, 0.29) is 0 Å². The van der Waals surface area contributed by atoms with Gasteiger partial charge in [0, 0.05) is 0 Å². The van der Waals surface area contributed by atoms with Crippen LogP contribution in [0.3, 0.4) is 0 Å². The van der Waals surface area contributed by atoms with E-state index in [1.165, 1.54) is 12.8 Å². The minimum absolute atomic E-state index is 0.995. The molecule has 0 bridgehead atoms. The van der Waals surface area contributed by atoms with Crippen molar-refractivity contribution in [1.29, 1.82) is 0 Å². The molecular formula is C6H12P. The van der Waals surface area contributed by atoms with Crippen molar-refractivity contribution in [2.75, 3.05) is 0 Å². The smallest absolute Gasteiger partial charge is 0.0196 e. The molecule has 2 atom stereocenters. The maximum Gasteiger partial charge on any atom is -0.0196 e. The highest BCUT2D eigenvalue weighted by Crippen LogP contribution is 2.38. The molecule has 0 nitrogen and oxygen atoms in total. The van der Waals surface area contributed by atoms with Crippen LogP contribution in [0.1, 0.15) is 26.7 Å². The first-order valence-corrected chi connectivity index (χ1v) is 4.02. The van der Waals surface area contributed by atoms with Gasteiger partial charge in [0.15, 0.2) is 0 Å². The normalized spacial score (nSPS) is 45.4. The van der Waals surface area contributed by atoms with E-state index in [1.807, 2.05) is 0 Å². The second-order valence-corrected chi connectivity index (χ2v) is 4.49. The standard InChI is InChI=1S/C6H12P/c1-5-3-4-6(2)7-5/h5-6H,3-4H2,1-2H3. The molecule has 0 aromatic heterocycles. The van der Waals surface area contributed by atoms with Gasteiger partial charge in [-0.1, -0.05) is 22.4 Å². The maximum atomic E-state index is 2.34. The van der Waals surface area contributed by atoms with Crippen molar-refractivity contribution in [3.63, 3.8) is 0 Å². The lowest BCUT2D eigenvalue weighted by molar-refractivity contribution is 0.777. The molecule has 1 fully saturated rings. The minimum Gasteiger partial charge on any atom is -0.0747 e. The molecule has 1 aliphatic heterocycles. The lowest BCUT2D eigenvalue weighted by Gasteiger charge is -1.95. The zero-order valence-electron chi connectivity index (χ0n) is 5.02. The summed E-state index contributed by atoms with van der Waals surface area (Å²) < 4.78 is 0. The molecule has 1 heterocycles. The van der Waals surface area contributed by atoms with E-state index < -0.39 is 0 Å². The number of hydrogen-bond donors (Lipinski definition) is 0. The molecule has 1 saturated heterocycles. The van der Waals surface area contributed by atoms with Gasteiger partial charge in [-0.05, 0) is 24.2 Å². The van der Waals surface area contributed by atoms with Crippen LogP contribution in [-0.4, -0.2) is 11.3 Å². The molecule has 0 aliphatic carbocycles. The van der Waals surface area contributed by atoms with E-state index in [0.717, 1.165) is 11.3 Å². The van der Waals surface area contributed by atoms with Gasteiger partial charge in [0.05, 0.1) is 0 Å². The maximum absolute atomic E-state index is 2.34. The predicted molar refractivity (Wildman–Crippen MR) is 35.1 cm³/mol. The summed E-state index contributed by atoms with van der Waals surface area (Å²) in [4.78, 5) is 0. The first kappa shape index (κ1) is 5.56. The quantitative estimate of drug-likeness (QED) is 0.425. The Labute approximate surface area is 47.5 Å². The lowest BCUT2D eigenvalue weighted by atomic mass is 10.2. The Hall–Kier alpha value is 0.430. The van der Waals surface area contributed by atoms with Crippen LogP contribution in [0.2, 0.25) is 0 Å². The second-order valence-electron chi connectivity index (χ2n) is 2.42. The molecule has 1 aliphatic rings. The molecule has 0 aromatic carbocycles. The van der Waals surface area contributed by atoms with Crippen LogP contribution in [0, 0.1) is 0 Å². The van der Waals surface area contributed by atoms with Crippen LogP contribution in [-0.2, 0) is 0 Å². The van der Waals surface area contributed by atoms with Crippen molar-refractivity contribution in [3.05, 3.63) is 0 Å². The molecule has 2 unspecified atom stereocenters. The van der Waals surface area contributed by atoms with Gasteiger partial charge in [0.2, 0.25) is 0 Å². The fourth-order valence-electron chi connectivity index (χ4n) is 1.07. The first-order chi connectivity index (χ1) is 3.29. The fourth-order valence-corrected chi connectivity index (χ4v) is 2.53. The van der Waals surface area contributed by atoms with Gasteiger partial charge in [-0.2, -0.15) is 0 Å². The van der Waals surface area contributed by atoms with Crippen LogP contribution in [0.5, 0.6) is 0 Å². The average molecular weight is 115 g/mol. The van der Waals surface area contributed by atoms with E-state index in [4.69, 9.17) is 0 Å². The predicted octanol–water partition coefficient (Wildman–Crippen LogP) is 2.50. The first-order valence-electron chi connectivity index (χ1n) is 2.99. The Balaban J connectivity index is 2.26. The highest BCUT2D eigenvalue weighted by atomic mass is 31.1. The lowest BCUT2D eigenvalue weighted by Crippen LogP contribution is -1.81. The van der Waals surface area contributed by atoms with Gasteiger partial charge in [-0.25, -0.2) is 0 Å². The Bertz CT molecular complexity index is 53.2. The molecule has 0 saturated carbocycles. The van der Waals surface area contributed by atoms with E-state index >= 15 is 0 Å². The summed E-state index contributed by atoms with van der Waals surface area (Å²) in [6.45, 7) is 4.68. The van der Waals surface area contributed by atoms with Crippen LogP contribution < -0.4 is 0 Å². The molecular weight excluding hydrogens is 103 g/mol. The van der Waals surface area contributed by atoms with Gasteiger partial charge < -0.3 is 0 Å². The van der Waals surface area contributed by atoms with Crippen LogP contribution in [0.15, 0.2) is 0 Å². The molecule has 7 heavy (non-hydrogen) atoms. The third kappa shape index (κ3) is 1.42. The zero-order chi connectivity index (χ0) is 5.28. The van der Waals surface area contributed by atoms with Gasteiger partial charge in [-0.15, -0.1) is 0 Å². The number of rotatable bonds is 0. The Morgan fingerprint density at radius 2 is 1.57 bits per heavy atom. The van der Waals surface area contributed by atoms with E-state index in [2.05, 4.69) is 13.8 Å². The minimum atomic E-state index is 0.995. The highest BCUT2D eigenvalue weighted by Gasteiger charge is 2.16. The Kier molecular flexibility index (Phi) is 1.69. The summed E-state index contributed by atoms with van der Waals surface area (Å²) in [5, 5.41) is 0. The van der Waals surface area contributed by atoms with Crippen molar-refractivity contribution in [1.82, 2.24) is 0 Å². The van der Waals surface area contributed by atoms with Crippen molar-refractivity contribution in [2.24, 2.45) is 0 Å². The van der Waals surface area contributed by atoms with Crippen molar-refractivity contribution in [2.45, 2.75) is 38.0 Å². The Morgan fingerprint density at radius 1 is 1.14 bits per heavy atom. The molecule has 0 amide bonds. The molecule has 1 rings (SSSR count). The fraction of sp³-hybridized carbons (Fsp3) is 1.00. The molecule has 1 radical (unpaired) electrons. The van der Waals surface area contributed by atoms with Gasteiger partial charge in [0.25, 0.3) is 0 Å². The van der Waals surface area contributed by atoms with Gasteiger partial charge >= 0.3 is 0 Å². The molecule has 0 aromatic rings. The summed E-state index contributed by atoms with van der Waals surface area (Å²) >= 11 is 0. The molecule has 1 heteroatoms. The zero-order valence-corrected chi connectivity index (χ0v) is 5.91. The van der Waals surface area contributed by atoms with E-state index in [9.17, 15) is 0 Å². The Morgan fingerprint density at radius 3 is 1.71 bits per heavy atom. The third-order valence-corrected chi connectivity index (χ3v) is 3.05. The molecule has 0 spiro atoms. The van der Waals surface area contributed by atoms with Crippen LogP contribution in [0.4, 0.5) is 0 Å². The summed E-state index contributed by atoms with van der Waals surface area (Å²) in [5.74, 6) is 0. The topological polar surface area (TPSA) is 0 Å². The van der Waals surface area contributed by atoms with Crippen molar-refractivity contribution < 1.29 is 0 Å². The third-order valence-electron chi connectivity index (χ3n) is 1.51. The van der Waals surface area contributed by atoms with Crippen LogP contribution >= 0.6 is 8.58 Å². The van der Waals surface area contributed by atoms with Crippen LogP contribution in [0.25, 0.3) is 0 Å². The molecule has 41 valence electrons. The van der Waals surface area contributed by atoms with E-state index in [0.29, 0.717) is 0 Å². The van der Waals surface area contributed by atoms with Crippen molar-refractivity contribution in [3.8, 4) is 0 Å². The SMILES string of the molecule is CC1CCC(C)[P]1.